The second-order valence-electron chi connectivity index (χ2n) is 7.99. The quantitative estimate of drug-likeness (QED) is 0.641. The maximum Gasteiger partial charge on any atom is 0.262 e. The van der Waals surface area contributed by atoms with Gasteiger partial charge in [0, 0.05) is 36.9 Å². The van der Waals surface area contributed by atoms with Gasteiger partial charge in [-0.05, 0) is 38.2 Å². The summed E-state index contributed by atoms with van der Waals surface area (Å²) in [5, 5.41) is 4.97. The van der Waals surface area contributed by atoms with Crippen LogP contribution in [0.1, 0.15) is 48.5 Å². The summed E-state index contributed by atoms with van der Waals surface area (Å²) < 4.78 is 23.0. The molecule has 0 radical (unpaired) electrons. The number of hydrogen-bond acceptors (Lipinski definition) is 6. The van der Waals surface area contributed by atoms with Crippen molar-refractivity contribution in [3.05, 3.63) is 45.4 Å². The Labute approximate surface area is 182 Å². The zero-order valence-corrected chi connectivity index (χ0v) is 18.0. The van der Waals surface area contributed by atoms with Crippen LogP contribution < -0.4 is 20.4 Å². The Morgan fingerprint density at radius 1 is 1.29 bits per heavy atom. The summed E-state index contributed by atoms with van der Waals surface area (Å²) in [6.45, 7) is 1.50. The molecule has 1 amide bonds. The molecule has 31 heavy (non-hydrogen) atoms. The zero-order chi connectivity index (χ0) is 21.5. The number of methoxy groups -OCH3 is 1. The number of carbonyl (C=O) groups is 1. The fraction of sp³-hybridized carbons (Fsp3) is 0.409. The van der Waals surface area contributed by atoms with Crippen molar-refractivity contribution in [2.45, 2.75) is 38.1 Å². The third kappa shape index (κ3) is 3.56. The Bertz CT molecular complexity index is 1200. The number of halogens is 1. The van der Waals surface area contributed by atoms with Crippen LogP contribution in [0.4, 0.5) is 15.2 Å². The summed E-state index contributed by atoms with van der Waals surface area (Å²) in [5.74, 6) is -0.674. The molecule has 0 bridgehead atoms. The number of aromatic nitrogens is 2. The molecule has 1 saturated heterocycles. The summed E-state index contributed by atoms with van der Waals surface area (Å²) in [7, 11) is 1.51. The second-order valence-corrected chi connectivity index (χ2v) is 8.88. The number of nitrogens with one attached hydrogen (secondary N) is 1. The second kappa shape index (κ2) is 7.96. The van der Waals surface area contributed by atoms with Crippen molar-refractivity contribution in [2.75, 3.05) is 30.4 Å². The Morgan fingerprint density at radius 2 is 2.06 bits per heavy atom. The lowest BCUT2D eigenvalue weighted by Gasteiger charge is -2.31. The standard InChI is InChI=1S/C22H23FN4O3S/c1-30-20-17-14(11-16(23)18(20)26-8-3-2-4-9-26)19(28)15(12-27(17)13-5-6-13)21(29)25-22-24-7-10-31-22/h7,10-13H,2-6,8-9H2,1H3,(H,24,25,29). The number of nitrogens with zero attached hydrogens (tertiary/aromatic N) is 3. The van der Waals surface area contributed by atoms with Crippen molar-refractivity contribution in [1.29, 1.82) is 0 Å². The number of hydrogen-bond donors (Lipinski definition) is 1. The lowest BCUT2D eigenvalue weighted by molar-refractivity contribution is 0.102. The Morgan fingerprint density at radius 3 is 2.71 bits per heavy atom. The molecule has 2 aliphatic rings. The summed E-state index contributed by atoms with van der Waals surface area (Å²) in [5.41, 5.74) is 0.427. The van der Waals surface area contributed by atoms with Gasteiger partial charge in [0.05, 0.1) is 18.0 Å². The molecule has 1 aliphatic heterocycles. The van der Waals surface area contributed by atoms with Gasteiger partial charge in [-0.1, -0.05) is 0 Å². The number of piperidine rings is 1. The lowest BCUT2D eigenvalue weighted by Crippen LogP contribution is -2.31. The maximum atomic E-state index is 15.3. The Balaban J connectivity index is 1.71. The van der Waals surface area contributed by atoms with Crippen LogP contribution >= 0.6 is 11.3 Å². The molecule has 3 heterocycles. The molecule has 5 rings (SSSR count). The number of rotatable bonds is 5. The molecule has 7 nitrogen and oxygen atoms in total. The largest absolute Gasteiger partial charge is 0.492 e. The van der Waals surface area contributed by atoms with E-state index in [0.29, 0.717) is 22.1 Å². The monoisotopic (exact) mass is 442 g/mol. The zero-order valence-electron chi connectivity index (χ0n) is 17.2. The first-order valence-corrected chi connectivity index (χ1v) is 11.4. The number of anilines is 2. The Kier molecular flexibility index (Phi) is 5.13. The molecule has 3 aromatic rings. The number of benzene rings is 1. The first kappa shape index (κ1) is 20.0. The number of fused-ring (bicyclic) bond motifs is 1. The van der Waals surface area contributed by atoms with Crippen molar-refractivity contribution in [3.8, 4) is 5.75 Å². The first-order valence-electron chi connectivity index (χ1n) is 10.5. The number of pyridine rings is 1. The number of amides is 1. The van der Waals surface area contributed by atoms with E-state index in [9.17, 15) is 9.59 Å². The number of carbonyl (C=O) groups excluding carboxylic acids is 1. The highest BCUT2D eigenvalue weighted by atomic mass is 32.1. The van der Waals surface area contributed by atoms with Crippen molar-refractivity contribution in [3.63, 3.8) is 0 Å². The highest BCUT2D eigenvalue weighted by molar-refractivity contribution is 7.13. The van der Waals surface area contributed by atoms with Crippen molar-refractivity contribution < 1.29 is 13.9 Å². The average molecular weight is 443 g/mol. The van der Waals surface area contributed by atoms with E-state index < -0.39 is 17.2 Å². The van der Waals surface area contributed by atoms with Gasteiger partial charge in [0.1, 0.15) is 11.3 Å². The molecule has 0 spiro atoms. The minimum atomic E-state index is -0.546. The van der Waals surface area contributed by atoms with Gasteiger partial charge < -0.3 is 14.2 Å². The van der Waals surface area contributed by atoms with Crippen LogP contribution in [0.5, 0.6) is 5.75 Å². The topological polar surface area (TPSA) is 76.5 Å². The minimum absolute atomic E-state index is 0.0261. The van der Waals surface area contributed by atoms with E-state index in [4.69, 9.17) is 4.74 Å². The highest BCUT2D eigenvalue weighted by Crippen LogP contribution is 2.44. The minimum Gasteiger partial charge on any atom is -0.492 e. The van der Waals surface area contributed by atoms with Crippen LogP contribution in [0.15, 0.2) is 28.6 Å². The molecule has 1 saturated carbocycles. The van der Waals surface area contributed by atoms with E-state index in [0.717, 1.165) is 45.2 Å². The molecule has 0 atom stereocenters. The van der Waals surface area contributed by atoms with E-state index in [-0.39, 0.29) is 17.0 Å². The summed E-state index contributed by atoms with van der Waals surface area (Å²) in [6, 6.07) is 1.42. The van der Waals surface area contributed by atoms with Crippen LogP contribution in [-0.4, -0.2) is 35.7 Å². The predicted molar refractivity (Wildman–Crippen MR) is 119 cm³/mol. The third-order valence-corrected chi connectivity index (χ3v) is 6.60. The van der Waals surface area contributed by atoms with E-state index in [1.165, 1.54) is 24.5 Å². The maximum absolute atomic E-state index is 15.3. The van der Waals surface area contributed by atoms with Gasteiger partial charge in [0.2, 0.25) is 5.43 Å². The molecule has 2 aromatic heterocycles. The molecule has 0 unspecified atom stereocenters. The van der Waals surface area contributed by atoms with Crippen molar-refractivity contribution in [2.24, 2.45) is 0 Å². The summed E-state index contributed by atoms with van der Waals surface area (Å²) >= 11 is 1.27. The Hall–Kier alpha value is -2.94. The third-order valence-electron chi connectivity index (χ3n) is 5.91. The fourth-order valence-corrected chi connectivity index (χ4v) is 4.82. The van der Waals surface area contributed by atoms with Crippen LogP contribution in [-0.2, 0) is 0 Å². The van der Waals surface area contributed by atoms with Crippen LogP contribution in [0.25, 0.3) is 10.9 Å². The normalized spacial score (nSPS) is 16.5. The van der Waals surface area contributed by atoms with Crippen LogP contribution in [0, 0.1) is 5.82 Å². The number of ether oxygens (including phenoxy) is 1. The molecule has 2 fully saturated rings. The van der Waals surface area contributed by atoms with Crippen molar-refractivity contribution >= 4 is 39.0 Å². The highest BCUT2D eigenvalue weighted by Gasteiger charge is 2.31. The molecule has 1 aliphatic carbocycles. The first-order chi connectivity index (χ1) is 15.1. The number of thiazole rings is 1. The van der Waals surface area contributed by atoms with Crippen LogP contribution in [0.3, 0.4) is 0 Å². The molecule has 1 aromatic carbocycles. The van der Waals surface area contributed by atoms with Gasteiger partial charge in [0.25, 0.3) is 5.91 Å². The lowest BCUT2D eigenvalue weighted by atomic mass is 10.1. The predicted octanol–water partition coefficient (Wildman–Crippen LogP) is 4.18. The molecule has 162 valence electrons. The molecular formula is C22H23FN4O3S. The average Bonchev–Trinajstić information content (AvgIpc) is 3.50. The molecule has 1 N–H and O–H groups in total. The fourth-order valence-electron chi connectivity index (χ4n) is 4.30. The van der Waals surface area contributed by atoms with E-state index in [1.807, 2.05) is 9.47 Å². The van der Waals surface area contributed by atoms with Gasteiger partial charge >= 0.3 is 0 Å². The van der Waals surface area contributed by atoms with E-state index >= 15 is 4.39 Å². The van der Waals surface area contributed by atoms with E-state index in [2.05, 4.69) is 10.3 Å². The van der Waals surface area contributed by atoms with E-state index in [1.54, 1.807) is 17.8 Å². The van der Waals surface area contributed by atoms with Crippen molar-refractivity contribution in [1.82, 2.24) is 9.55 Å². The summed E-state index contributed by atoms with van der Waals surface area (Å²) in [6.07, 6.45) is 8.14. The van der Waals surface area contributed by atoms with Gasteiger partial charge in [-0.25, -0.2) is 9.37 Å². The van der Waals surface area contributed by atoms with Gasteiger partial charge in [0.15, 0.2) is 16.7 Å². The SMILES string of the molecule is COc1c(N2CCCCC2)c(F)cc2c(=O)c(C(=O)Nc3nccs3)cn(C3CC3)c12. The van der Waals surface area contributed by atoms with Crippen LogP contribution in [0.2, 0.25) is 0 Å². The molecular weight excluding hydrogens is 419 g/mol. The van der Waals surface area contributed by atoms with Gasteiger partial charge in [-0.2, -0.15) is 0 Å². The summed E-state index contributed by atoms with van der Waals surface area (Å²) in [4.78, 5) is 32.2. The molecule has 9 heteroatoms. The smallest absolute Gasteiger partial charge is 0.262 e. The van der Waals surface area contributed by atoms with Gasteiger partial charge in [-0.3, -0.25) is 14.9 Å². The van der Waals surface area contributed by atoms with Gasteiger partial charge in [-0.15, -0.1) is 11.3 Å².